The van der Waals surface area contributed by atoms with E-state index in [4.69, 9.17) is 0 Å². The van der Waals surface area contributed by atoms with Gasteiger partial charge < -0.3 is 10.2 Å². The van der Waals surface area contributed by atoms with Gasteiger partial charge in [-0.15, -0.1) is 0 Å². The van der Waals surface area contributed by atoms with Gasteiger partial charge in [-0.1, -0.05) is 31.9 Å². The van der Waals surface area contributed by atoms with Gasteiger partial charge in [0.15, 0.2) is 0 Å². The molecule has 0 bridgehead atoms. The second kappa shape index (κ2) is 12.0. The van der Waals surface area contributed by atoms with Crippen LogP contribution < -0.4 is 5.32 Å². The average Bonchev–Trinajstić information content (AvgIpc) is 3.36. The van der Waals surface area contributed by atoms with Gasteiger partial charge in [-0.05, 0) is 78.9 Å². The first-order chi connectivity index (χ1) is 20.0. The van der Waals surface area contributed by atoms with Crippen LogP contribution in [0.1, 0.15) is 63.6 Å². The number of alkyl halides is 3. The highest BCUT2D eigenvalue weighted by Gasteiger charge is 2.36. The molecular weight excluding hydrogens is 539 g/mol. The number of aryl methyl sites for hydroxylation is 1. The largest absolute Gasteiger partial charge is 0.416 e. The van der Waals surface area contributed by atoms with Crippen molar-refractivity contribution < 1.29 is 18.0 Å². The van der Waals surface area contributed by atoms with E-state index >= 15 is 0 Å². The molecule has 5 rings (SSSR count). The van der Waals surface area contributed by atoms with Crippen molar-refractivity contribution in [2.45, 2.75) is 39.4 Å². The summed E-state index contributed by atoms with van der Waals surface area (Å²) in [4.78, 5) is 21.9. The maximum atomic E-state index is 14.4. The minimum Gasteiger partial charge on any atom is -0.322 e. The fraction of sp³-hybridized carbons (Fsp3) is 0.333. The number of carbonyl (C=O) groups excluding carboxylic acids is 1. The first kappa shape index (κ1) is 29.4. The van der Waals surface area contributed by atoms with Gasteiger partial charge >= 0.3 is 6.18 Å². The number of rotatable bonds is 5. The van der Waals surface area contributed by atoms with E-state index in [0.29, 0.717) is 35.5 Å². The van der Waals surface area contributed by atoms with Crippen LogP contribution in [-0.2, 0) is 12.7 Å². The third kappa shape index (κ3) is 6.51. The van der Waals surface area contributed by atoms with Crippen molar-refractivity contribution in [1.82, 2.24) is 19.2 Å². The summed E-state index contributed by atoms with van der Waals surface area (Å²) in [5.41, 5.74) is 3.60. The SMILES string of the molecule is Cc1ccc(C(=O)Nc2cc(C(C)C)c(CN3CCN(C)CC3)c(C(F)(F)F)c2)cc1C#Cc1cnc2ccccn12. The fourth-order valence-electron chi connectivity index (χ4n) is 5.20. The number of hydrogen-bond acceptors (Lipinski definition) is 4. The quantitative estimate of drug-likeness (QED) is 0.290. The first-order valence-electron chi connectivity index (χ1n) is 14.0. The molecule has 218 valence electrons. The summed E-state index contributed by atoms with van der Waals surface area (Å²) in [5, 5.41) is 2.72. The Morgan fingerprint density at radius 2 is 1.81 bits per heavy atom. The lowest BCUT2D eigenvalue weighted by atomic mass is 9.91. The van der Waals surface area contributed by atoms with E-state index in [1.165, 1.54) is 0 Å². The molecule has 1 aliphatic rings. The highest BCUT2D eigenvalue weighted by molar-refractivity contribution is 6.04. The van der Waals surface area contributed by atoms with Crippen molar-refractivity contribution >= 4 is 17.2 Å². The van der Waals surface area contributed by atoms with E-state index < -0.39 is 17.6 Å². The number of nitrogens with one attached hydrogen (secondary N) is 1. The van der Waals surface area contributed by atoms with Crippen LogP contribution in [0.2, 0.25) is 0 Å². The molecule has 2 aromatic heterocycles. The van der Waals surface area contributed by atoms with Crippen LogP contribution in [0.5, 0.6) is 0 Å². The number of halogens is 3. The lowest BCUT2D eigenvalue weighted by molar-refractivity contribution is -0.138. The number of amides is 1. The Balaban J connectivity index is 1.43. The summed E-state index contributed by atoms with van der Waals surface area (Å²) in [6.07, 6.45) is -0.997. The predicted molar refractivity (Wildman–Crippen MR) is 159 cm³/mol. The highest BCUT2D eigenvalue weighted by Crippen LogP contribution is 2.38. The number of benzene rings is 2. The van der Waals surface area contributed by atoms with Gasteiger partial charge in [-0.25, -0.2) is 4.98 Å². The molecule has 1 N–H and O–H groups in total. The number of fused-ring (bicyclic) bond motifs is 1. The monoisotopic (exact) mass is 573 g/mol. The number of pyridine rings is 1. The molecule has 0 saturated carbocycles. The molecule has 0 spiro atoms. The standard InChI is InChI=1S/C33H34F3N5O/c1-22(2)28-18-26(19-30(33(34,35)36)29(28)21-40-15-13-39(4)14-16-40)38-32(42)25-9-8-23(3)24(17-25)10-11-27-20-37-31-7-5-6-12-41(27)31/h5-9,12,17-20,22H,13-16,21H2,1-4H3,(H,38,42). The maximum absolute atomic E-state index is 14.4. The van der Waals surface area contributed by atoms with Gasteiger partial charge in [0.05, 0.1) is 11.8 Å². The smallest absolute Gasteiger partial charge is 0.322 e. The van der Waals surface area contributed by atoms with Crippen LogP contribution in [-0.4, -0.2) is 58.3 Å². The van der Waals surface area contributed by atoms with Crippen LogP contribution in [0.3, 0.4) is 0 Å². The zero-order valence-electron chi connectivity index (χ0n) is 24.2. The number of piperazine rings is 1. The molecule has 2 aromatic carbocycles. The third-order valence-electron chi connectivity index (χ3n) is 7.69. The van der Waals surface area contributed by atoms with Crippen molar-refractivity contribution in [3.8, 4) is 11.8 Å². The number of imidazole rings is 1. The number of nitrogens with zero attached hydrogens (tertiary/aromatic N) is 4. The molecule has 1 aliphatic heterocycles. The van der Waals surface area contributed by atoms with Crippen LogP contribution in [0.15, 0.2) is 60.9 Å². The van der Waals surface area contributed by atoms with Crippen molar-refractivity contribution in [2.75, 3.05) is 38.5 Å². The average molecular weight is 574 g/mol. The van der Waals surface area contributed by atoms with E-state index in [1.54, 1.807) is 30.5 Å². The second-order valence-electron chi connectivity index (χ2n) is 11.1. The summed E-state index contributed by atoms with van der Waals surface area (Å²) in [6.45, 7) is 8.91. The molecule has 9 heteroatoms. The lowest BCUT2D eigenvalue weighted by Gasteiger charge is -2.34. The molecule has 1 saturated heterocycles. The van der Waals surface area contributed by atoms with Crippen LogP contribution >= 0.6 is 0 Å². The van der Waals surface area contributed by atoms with E-state index in [2.05, 4.69) is 31.9 Å². The minimum atomic E-state index is -4.56. The summed E-state index contributed by atoms with van der Waals surface area (Å²) in [7, 11) is 2.01. The van der Waals surface area contributed by atoms with Crippen LogP contribution in [0.25, 0.3) is 5.65 Å². The number of likely N-dealkylation sites (N-methyl/N-ethyl adjacent to an activating group) is 1. The molecule has 0 unspecified atom stereocenters. The summed E-state index contributed by atoms with van der Waals surface area (Å²) >= 11 is 0. The number of hydrogen-bond donors (Lipinski definition) is 1. The zero-order valence-corrected chi connectivity index (χ0v) is 24.2. The van der Waals surface area contributed by atoms with Crippen molar-refractivity contribution in [1.29, 1.82) is 0 Å². The molecular formula is C33H34F3N5O. The van der Waals surface area contributed by atoms with E-state index in [-0.39, 0.29) is 23.7 Å². The fourth-order valence-corrected chi connectivity index (χ4v) is 5.20. The molecule has 42 heavy (non-hydrogen) atoms. The van der Waals surface area contributed by atoms with Crippen molar-refractivity contribution in [3.63, 3.8) is 0 Å². The van der Waals surface area contributed by atoms with Crippen molar-refractivity contribution in [2.24, 2.45) is 0 Å². The molecule has 6 nitrogen and oxygen atoms in total. The third-order valence-corrected chi connectivity index (χ3v) is 7.69. The first-order valence-corrected chi connectivity index (χ1v) is 14.0. The number of anilines is 1. The lowest BCUT2D eigenvalue weighted by Crippen LogP contribution is -2.44. The van der Waals surface area contributed by atoms with Crippen LogP contribution in [0, 0.1) is 18.8 Å². The molecule has 0 aliphatic carbocycles. The van der Waals surface area contributed by atoms with Crippen molar-refractivity contribution in [3.05, 3.63) is 100.0 Å². The Morgan fingerprint density at radius 1 is 1.05 bits per heavy atom. The molecule has 0 radical (unpaired) electrons. The van der Waals surface area contributed by atoms with Gasteiger partial charge in [0.2, 0.25) is 0 Å². The highest BCUT2D eigenvalue weighted by atomic mass is 19.4. The zero-order chi connectivity index (χ0) is 30.0. The second-order valence-corrected chi connectivity index (χ2v) is 11.1. The summed E-state index contributed by atoms with van der Waals surface area (Å²) in [5.74, 6) is 5.58. The minimum absolute atomic E-state index is 0.122. The Bertz CT molecular complexity index is 1670. The number of aromatic nitrogens is 2. The topological polar surface area (TPSA) is 52.9 Å². The number of carbonyl (C=O) groups is 1. The van der Waals surface area contributed by atoms with Gasteiger partial charge in [-0.2, -0.15) is 13.2 Å². The van der Waals surface area contributed by atoms with E-state index in [1.807, 2.05) is 56.6 Å². The van der Waals surface area contributed by atoms with E-state index in [0.717, 1.165) is 30.4 Å². The summed E-state index contributed by atoms with van der Waals surface area (Å²) in [6, 6.07) is 13.5. The molecule has 3 heterocycles. The molecule has 4 aromatic rings. The van der Waals surface area contributed by atoms with E-state index in [9.17, 15) is 18.0 Å². The molecule has 1 amide bonds. The molecule has 1 fully saturated rings. The molecule has 0 atom stereocenters. The van der Waals surface area contributed by atoms with Gasteiger partial charge in [-0.3, -0.25) is 14.1 Å². The Labute approximate surface area is 244 Å². The van der Waals surface area contributed by atoms with Crippen LogP contribution in [0.4, 0.5) is 18.9 Å². The Kier molecular flexibility index (Phi) is 8.39. The van der Waals surface area contributed by atoms with Gasteiger partial charge in [0.1, 0.15) is 11.3 Å². The normalized spacial score (nSPS) is 14.7. The Morgan fingerprint density at radius 3 is 2.52 bits per heavy atom. The van der Waals surface area contributed by atoms with Gasteiger partial charge in [0, 0.05) is 55.7 Å². The Hall–Kier alpha value is -4.13. The maximum Gasteiger partial charge on any atom is 0.416 e. The predicted octanol–water partition coefficient (Wildman–Crippen LogP) is 6.18. The van der Waals surface area contributed by atoms with Gasteiger partial charge in [0.25, 0.3) is 5.91 Å². The summed E-state index contributed by atoms with van der Waals surface area (Å²) < 4.78 is 45.0.